The molecule has 1 rings (SSSR count). The SMILES string of the molecule is C=CCN(CC(=O)O)CC(O)COCc1ccccc1. The van der Waals surface area contributed by atoms with Crippen molar-refractivity contribution in [1.29, 1.82) is 0 Å². The summed E-state index contributed by atoms with van der Waals surface area (Å²) in [7, 11) is 0. The molecule has 0 fully saturated rings. The lowest BCUT2D eigenvalue weighted by Crippen LogP contribution is -2.38. The minimum atomic E-state index is -0.927. The Hall–Kier alpha value is -1.69. The van der Waals surface area contributed by atoms with Gasteiger partial charge in [0.05, 0.1) is 25.9 Å². The third-order valence-corrected chi connectivity index (χ3v) is 2.64. The summed E-state index contributed by atoms with van der Waals surface area (Å²) in [6, 6.07) is 9.67. The maximum Gasteiger partial charge on any atom is 0.317 e. The van der Waals surface area contributed by atoms with Gasteiger partial charge in [0.2, 0.25) is 0 Å². The maximum absolute atomic E-state index is 10.7. The van der Waals surface area contributed by atoms with Crippen molar-refractivity contribution in [2.24, 2.45) is 0 Å². The Labute approximate surface area is 119 Å². The van der Waals surface area contributed by atoms with Crippen molar-refractivity contribution in [1.82, 2.24) is 4.90 Å². The summed E-state index contributed by atoms with van der Waals surface area (Å²) in [6.45, 7) is 4.71. The zero-order chi connectivity index (χ0) is 14.8. The second-order valence-electron chi connectivity index (χ2n) is 4.53. The number of aliphatic hydroxyl groups excluding tert-OH is 1. The smallest absolute Gasteiger partial charge is 0.317 e. The van der Waals surface area contributed by atoms with Crippen LogP contribution in [-0.2, 0) is 16.1 Å². The van der Waals surface area contributed by atoms with E-state index in [0.29, 0.717) is 13.2 Å². The van der Waals surface area contributed by atoms with Crippen LogP contribution in [0.5, 0.6) is 0 Å². The van der Waals surface area contributed by atoms with E-state index in [0.717, 1.165) is 5.56 Å². The van der Waals surface area contributed by atoms with Gasteiger partial charge in [-0.25, -0.2) is 0 Å². The van der Waals surface area contributed by atoms with E-state index in [-0.39, 0.29) is 19.7 Å². The Morgan fingerprint density at radius 1 is 1.40 bits per heavy atom. The van der Waals surface area contributed by atoms with Gasteiger partial charge in [0.15, 0.2) is 0 Å². The number of ether oxygens (including phenoxy) is 1. The van der Waals surface area contributed by atoms with Crippen LogP contribution in [0.3, 0.4) is 0 Å². The Morgan fingerprint density at radius 3 is 2.70 bits per heavy atom. The quantitative estimate of drug-likeness (QED) is 0.628. The van der Waals surface area contributed by atoms with Gasteiger partial charge < -0.3 is 14.9 Å². The average molecular weight is 279 g/mol. The molecule has 0 aliphatic carbocycles. The summed E-state index contributed by atoms with van der Waals surface area (Å²) in [5.41, 5.74) is 1.04. The number of hydrogen-bond acceptors (Lipinski definition) is 4. The molecule has 0 saturated carbocycles. The largest absolute Gasteiger partial charge is 0.480 e. The zero-order valence-corrected chi connectivity index (χ0v) is 11.4. The molecule has 5 heteroatoms. The molecule has 0 heterocycles. The highest BCUT2D eigenvalue weighted by Gasteiger charge is 2.13. The van der Waals surface area contributed by atoms with E-state index in [4.69, 9.17) is 9.84 Å². The van der Waals surface area contributed by atoms with E-state index in [2.05, 4.69) is 6.58 Å². The van der Waals surface area contributed by atoms with E-state index in [1.54, 1.807) is 11.0 Å². The Kier molecular flexibility index (Phi) is 7.57. The summed E-state index contributed by atoms with van der Waals surface area (Å²) >= 11 is 0. The highest BCUT2D eigenvalue weighted by molar-refractivity contribution is 5.69. The molecule has 0 bridgehead atoms. The third-order valence-electron chi connectivity index (χ3n) is 2.64. The van der Waals surface area contributed by atoms with Gasteiger partial charge in [-0.3, -0.25) is 9.69 Å². The molecule has 0 spiro atoms. The van der Waals surface area contributed by atoms with E-state index >= 15 is 0 Å². The van der Waals surface area contributed by atoms with Crippen molar-refractivity contribution in [3.05, 3.63) is 48.6 Å². The van der Waals surface area contributed by atoms with Crippen LogP contribution in [-0.4, -0.2) is 53.4 Å². The van der Waals surface area contributed by atoms with E-state index < -0.39 is 12.1 Å². The van der Waals surface area contributed by atoms with Crippen LogP contribution in [0.1, 0.15) is 5.56 Å². The molecule has 0 aromatic heterocycles. The molecule has 20 heavy (non-hydrogen) atoms. The topological polar surface area (TPSA) is 70.0 Å². The van der Waals surface area contributed by atoms with E-state index in [1.807, 2.05) is 30.3 Å². The molecule has 1 aromatic carbocycles. The number of rotatable bonds is 10. The van der Waals surface area contributed by atoms with Gasteiger partial charge in [0, 0.05) is 13.1 Å². The lowest BCUT2D eigenvalue weighted by atomic mass is 10.2. The van der Waals surface area contributed by atoms with Gasteiger partial charge in [-0.1, -0.05) is 36.4 Å². The second kappa shape index (κ2) is 9.25. The fraction of sp³-hybridized carbons (Fsp3) is 0.400. The Morgan fingerprint density at radius 2 is 2.10 bits per heavy atom. The van der Waals surface area contributed by atoms with Gasteiger partial charge in [-0.15, -0.1) is 6.58 Å². The summed E-state index contributed by atoms with van der Waals surface area (Å²) in [5, 5.41) is 18.6. The van der Waals surface area contributed by atoms with Crippen LogP contribution in [0.2, 0.25) is 0 Å². The van der Waals surface area contributed by atoms with Crippen LogP contribution in [0.15, 0.2) is 43.0 Å². The van der Waals surface area contributed by atoms with Crippen LogP contribution in [0.25, 0.3) is 0 Å². The van der Waals surface area contributed by atoms with Crippen LogP contribution >= 0.6 is 0 Å². The molecule has 1 atom stereocenters. The maximum atomic E-state index is 10.7. The summed E-state index contributed by atoms with van der Waals surface area (Å²) < 4.78 is 5.42. The molecule has 0 aliphatic rings. The number of carboxylic acid groups (broad SMARTS) is 1. The lowest BCUT2D eigenvalue weighted by Gasteiger charge is -2.21. The highest BCUT2D eigenvalue weighted by atomic mass is 16.5. The molecule has 0 aliphatic heterocycles. The normalized spacial score (nSPS) is 12.3. The molecule has 2 N–H and O–H groups in total. The predicted octanol–water partition coefficient (Wildman–Crippen LogP) is 1.14. The van der Waals surface area contributed by atoms with Crippen molar-refractivity contribution in [3.8, 4) is 0 Å². The summed E-state index contributed by atoms with van der Waals surface area (Å²) in [4.78, 5) is 12.3. The van der Waals surface area contributed by atoms with Crippen molar-refractivity contribution in [3.63, 3.8) is 0 Å². The van der Waals surface area contributed by atoms with Crippen LogP contribution < -0.4 is 0 Å². The monoisotopic (exact) mass is 279 g/mol. The first kappa shape index (κ1) is 16.4. The first-order valence-corrected chi connectivity index (χ1v) is 6.46. The van der Waals surface area contributed by atoms with Crippen molar-refractivity contribution in [2.45, 2.75) is 12.7 Å². The fourth-order valence-corrected chi connectivity index (χ4v) is 1.82. The number of nitrogens with zero attached hydrogens (tertiary/aromatic N) is 1. The van der Waals surface area contributed by atoms with Crippen LogP contribution in [0.4, 0.5) is 0 Å². The van der Waals surface area contributed by atoms with Gasteiger partial charge in [0.25, 0.3) is 0 Å². The van der Waals surface area contributed by atoms with Gasteiger partial charge in [0.1, 0.15) is 0 Å². The molecule has 5 nitrogen and oxygen atoms in total. The number of aliphatic hydroxyl groups is 1. The molecule has 1 unspecified atom stereocenters. The molecule has 0 saturated heterocycles. The summed E-state index contributed by atoms with van der Waals surface area (Å²) in [6.07, 6.45) is 0.888. The predicted molar refractivity (Wildman–Crippen MR) is 76.4 cm³/mol. The number of carbonyl (C=O) groups is 1. The Balaban J connectivity index is 2.28. The number of carboxylic acids is 1. The van der Waals surface area contributed by atoms with Crippen molar-refractivity contribution in [2.75, 3.05) is 26.2 Å². The van der Waals surface area contributed by atoms with Gasteiger partial charge in [-0.2, -0.15) is 0 Å². The molecule has 0 amide bonds. The number of benzene rings is 1. The molecule has 110 valence electrons. The second-order valence-corrected chi connectivity index (χ2v) is 4.53. The zero-order valence-electron chi connectivity index (χ0n) is 11.4. The Bertz CT molecular complexity index is 408. The van der Waals surface area contributed by atoms with Crippen LogP contribution in [0, 0.1) is 0 Å². The first-order chi connectivity index (χ1) is 9.61. The average Bonchev–Trinajstić information content (AvgIpc) is 2.39. The van der Waals surface area contributed by atoms with Crippen molar-refractivity contribution >= 4 is 5.97 Å². The standard InChI is InChI=1S/C15H21NO4/c1-2-8-16(10-15(18)19)9-14(17)12-20-11-13-6-4-3-5-7-13/h2-7,14,17H,1,8-12H2,(H,18,19). The minimum Gasteiger partial charge on any atom is -0.480 e. The third kappa shape index (κ3) is 7.04. The lowest BCUT2D eigenvalue weighted by molar-refractivity contribution is -0.138. The number of hydrogen-bond donors (Lipinski definition) is 2. The van der Waals surface area contributed by atoms with E-state index in [1.165, 1.54) is 0 Å². The summed E-state index contributed by atoms with van der Waals surface area (Å²) in [5.74, 6) is -0.927. The van der Waals surface area contributed by atoms with Crippen molar-refractivity contribution < 1.29 is 19.7 Å². The molecular weight excluding hydrogens is 258 g/mol. The molecule has 0 radical (unpaired) electrons. The van der Waals surface area contributed by atoms with Gasteiger partial charge >= 0.3 is 5.97 Å². The van der Waals surface area contributed by atoms with E-state index in [9.17, 15) is 9.90 Å². The fourth-order valence-electron chi connectivity index (χ4n) is 1.82. The molecular formula is C15H21NO4. The highest BCUT2D eigenvalue weighted by Crippen LogP contribution is 2.02. The number of aliphatic carboxylic acids is 1. The van der Waals surface area contributed by atoms with Gasteiger partial charge in [-0.05, 0) is 5.56 Å². The minimum absolute atomic E-state index is 0.123. The molecule has 1 aromatic rings. The first-order valence-electron chi connectivity index (χ1n) is 6.46.